The van der Waals surface area contributed by atoms with Crippen LogP contribution in [-0.4, -0.2) is 25.3 Å². The van der Waals surface area contributed by atoms with Gasteiger partial charge in [-0.15, -0.1) is 13.2 Å². The van der Waals surface area contributed by atoms with Crippen molar-refractivity contribution in [2.24, 2.45) is 0 Å². The molecule has 0 unspecified atom stereocenters. The molecule has 1 radical (unpaired) electrons. The second kappa shape index (κ2) is 6.72. The molecule has 0 N–H and O–H groups in total. The number of anilines is 1. The molecule has 0 bridgehead atoms. The smallest absolute Gasteiger partial charge is 0.141 e. The summed E-state index contributed by atoms with van der Waals surface area (Å²) in [5, 5.41) is 1.55. The summed E-state index contributed by atoms with van der Waals surface area (Å²) in [5.74, 6) is 0. The second-order valence-corrected chi connectivity index (χ2v) is 19.8. The van der Waals surface area contributed by atoms with Crippen molar-refractivity contribution in [3.8, 4) is 0 Å². The topological polar surface area (TPSA) is 3.24 Å². The minimum Gasteiger partial charge on any atom is -0.424 e. The lowest BCUT2D eigenvalue weighted by molar-refractivity contribution is 1.35. The van der Waals surface area contributed by atoms with E-state index in [9.17, 15) is 0 Å². The molecule has 4 heteroatoms. The molecule has 1 aromatic rings. The van der Waals surface area contributed by atoms with Gasteiger partial charge < -0.3 is 4.23 Å². The van der Waals surface area contributed by atoms with Crippen molar-refractivity contribution in [2.45, 2.75) is 50.4 Å². The Hall–Kier alpha value is -0.849. The summed E-state index contributed by atoms with van der Waals surface area (Å²) in [6, 6.07) is 14.6. The van der Waals surface area contributed by atoms with Crippen LogP contribution in [0.3, 0.4) is 0 Å². The molecule has 1 aromatic carbocycles. The summed E-state index contributed by atoms with van der Waals surface area (Å²) in [5.41, 5.74) is 1.50. The Kier molecular flexibility index (Phi) is 5.35. The lowest BCUT2D eigenvalue weighted by Gasteiger charge is -2.41. The Bertz CT molecular complexity index is 525. The monoisotopic (exact) mass is 344 g/mol. The zero-order chi connectivity index (χ0) is 16.4. The number of rotatable bonds is 6. The predicted molar refractivity (Wildman–Crippen MR) is 109 cm³/mol. The fourth-order valence-corrected chi connectivity index (χ4v) is 20.1. The van der Waals surface area contributed by atoms with Crippen LogP contribution < -0.4 is 9.42 Å². The quantitative estimate of drug-likeness (QED) is 0.519. The Balaban J connectivity index is 2.38. The van der Waals surface area contributed by atoms with Crippen LogP contribution in [0.2, 0.25) is 50.4 Å². The fourth-order valence-electron chi connectivity index (χ4n) is 3.89. The molecule has 0 atom stereocenters. The standard InChI is InChI=1S/C18H30NSi3/c1-7-12-20(13-8-2)18-11-9-10-17(16-18)19-21(3,4)14-15-22(19,5)6/h7-11,16H,1-2,12-15H2,3-6H3. The Morgan fingerprint density at radius 3 is 2.09 bits per heavy atom. The maximum Gasteiger partial charge on any atom is 0.141 e. The first-order valence-electron chi connectivity index (χ1n) is 8.29. The third-order valence-corrected chi connectivity index (χ3v) is 17.6. The zero-order valence-electron chi connectivity index (χ0n) is 14.7. The molecule has 1 aliphatic rings. The fraction of sp³-hybridized carbons (Fsp3) is 0.444. The van der Waals surface area contributed by atoms with Crippen molar-refractivity contribution < 1.29 is 0 Å². The van der Waals surface area contributed by atoms with Crippen LogP contribution in [0.1, 0.15) is 0 Å². The molecule has 22 heavy (non-hydrogen) atoms. The van der Waals surface area contributed by atoms with Crippen LogP contribution in [0.4, 0.5) is 5.69 Å². The molecule has 119 valence electrons. The third kappa shape index (κ3) is 3.55. The maximum atomic E-state index is 3.95. The first kappa shape index (κ1) is 17.5. The molecule has 1 heterocycles. The van der Waals surface area contributed by atoms with Crippen LogP contribution in [0.5, 0.6) is 0 Å². The SMILES string of the molecule is C=CC[Si](CC=C)c1cccc(N2[Si](C)(C)CC[Si]2(C)C)c1. The van der Waals surface area contributed by atoms with Gasteiger partial charge >= 0.3 is 0 Å². The van der Waals surface area contributed by atoms with E-state index in [4.69, 9.17) is 0 Å². The first-order chi connectivity index (χ1) is 10.3. The lowest BCUT2D eigenvalue weighted by Crippen LogP contribution is -2.55. The lowest BCUT2D eigenvalue weighted by atomic mass is 10.3. The molecule has 0 amide bonds. The number of allylic oxidation sites excluding steroid dienone is 2. The van der Waals surface area contributed by atoms with Crippen LogP contribution in [-0.2, 0) is 0 Å². The summed E-state index contributed by atoms with van der Waals surface area (Å²) >= 11 is 0. The van der Waals surface area contributed by atoms with Crippen LogP contribution in [0.15, 0.2) is 49.6 Å². The summed E-state index contributed by atoms with van der Waals surface area (Å²) in [7, 11) is -3.13. The third-order valence-electron chi connectivity index (χ3n) is 4.85. The van der Waals surface area contributed by atoms with E-state index in [1.54, 1.807) is 5.19 Å². The van der Waals surface area contributed by atoms with E-state index in [0.717, 1.165) is 12.1 Å². The van der Waals surface area contributed by atoms with Crippen molar-refractivity contribution in [1.29, 1.82) is 0 Å². The average Bonchev–Trinajstić information content (AvgIpc) is 2.67. The molecular formula is C18H30NSi3. The van der Waals surface area contributed by atoms with E-state index in [-0.39, 0.29) is 0 Å². The maximum absolute atomic E-state index is 3.95. The van der Waals surface area contributed by atoms with Gasteiger partial charge in [-0.1, -0.05) is 55.7 Å². The van der Waals surface area contributed by atoms with E-state index in [1.165, 1.54) is 17.8 Å². The highest BCUT2D eigenvalue weighted by Crippen LogP contribution is 2.40. The molecule has 0 aliphatic carbocycles. The highest BCUT2D eigenvalue weighted by molar-refractivity contribution is 7.04. The van der Waals surface area contributed by atoms with Gasteiger partial charge in [-0.05, 0) is 36.3 Å². The number of hydrogen-bond donors (Lipinski definition) is 0. The summed E-state index contributed by atoms with van der Waals surface area (Å²) in [6.45, 7) is 18.1. The summed E-state index contributed by atoms with van der Waals surface area (Å²) < 4.78 is 2.91. The normalized spacial score (nSPS) is 19.4. The molecule has 1 saturated heterocycles. The van der Waals surface area contributed by atoms with Gasteiger partial charge in [0.1, 0.15) is 16.5 Å². The molecular weight excluding hydrogens is 314 g/mol. The van der Waals surface area contributed by atoms with Gasteiger partial charge in [0.15, 0.2) is 0 Å². The van der Waals surface area contributed by atoms with Gasteiger partial charge in [0.25, 0.3) is 0 Å². The van der Waals surface area contributed by atoms with E-state index in [1.807, 2.05) is 0 Å². The molecule has 1 fully saturated rings. The van der Waals surface area contributed by atoms with Crippen LogP contribution in [0, 0.1) is 0 Å². The van der Waals surface area contributed by atoms with Crippen molar-refractivity contribution in [1.82, 2.24) is 0 Å². The van der Waals surface area contributed by atoms with E-state index < -0.39 is 25.3 Å². The van der Waals surface area contributed by atoms with Gasteiger partial charge in [-0.2, -0.15) is 0 Å². The van der Waals surface area contributed by atoms with E-state index in [0.29, 0.717) is 0 Å². The molecule has 0 spiro atoms. The van der Waals surface area contributed by atoms with Crippen molar-refractivity contribution in [3.05, 3.63) is 49.6 Å². The number of nitrogens with zero attached hydrogens (tertiary/aromatic N) is 1. The molecule has 1 nitrogen and oxygen atoms in total. The van der Waals surface area contributed by atoms with Crippen molar-refractivity contribution >= 4 is 36.1 Å². The molecule has 2 rings (SSSR count). The first-order valence-corrected chi connectivity index (χ1v) is 16.5. The van der Waals surface area contributed by atoms with Crippen LogP contribution in [0.25, 0.3) is 0 Å². The summed E-state index contributed by atoms with van der Waals surface area (Å²) in [6.07, 6.45) is 4.16. The molecule has 0 aromatic heterocycles. The van der Waals surface area contributed by atoms with Crippen molar-refractivity contribution in [2.75, 3.05) is 4.23 Å². The van der Waals surface area contributed by atoms with Gasteiger partial charge in [0.05, 0.1) is 8.80 Å². The van der Waals surface area contributed by atoms with Gasteiger partial charge in [0, 0.05) is 5.69 Å². The number of hydrogen-bond acceptors (Lipinski definition) is 1. The van der Waals surface area contributed by atoms with Crippen LogP contribution >= 0.6 is 0 Å². The highest BCUT2D eigenvalue weighted by atomic mass is 28.4. The van der Waals surface area contributed by atoms with E-state index in [2.05, 4.69) is 80.0 Å². The van der Waals surface area contributed by atoms with E-state index >= 15 is 0 Å². The van der Waals surface area contributed by atoms with Gasteiger partial charge in [-0.3, -0.25) is 0 Å². The van der Waals surface area contributed by atoms with Crippen molar-refractivity contribution in [3.63, 3.8) is 0 Å². The highest BCUT2D eigenvalue weighted by Gasteiger charge is 2.47. The molecule has 1 aliphatic heterocycles. The Morgan fingerprint density at radius 1 is 1.05 bits per heavy atom. The number of benzene rings is 1. The summed E-state index contributed by atoms with van der Waals surface area (Å²) in [4.78, 5) is 0. The Labute approximate surface area is 140 Å². The minimum absolute atomic E-state index is 0.581. The second-order valence-electron chi connectivity index (χ2n) is 7.60. The van der Waals surface area contributed by atoms with Gasteiger partial charge in [-0.25, -0.2) is 0 Å². The largest absolute Gasteiger partial charge is 0.424 e. The average molecular weight is 345 g/mol. The Morgan fingerprint density at radius 2 is 1.59 bits per heavy atom. The predicted octanol–water partition coefficient (Wildman–Crippen LogP) is 4.99. The van der Waals surface area contributed by atoms with Gasteiger partial charge in [0.2, 0.25) is 0 Å². The minimum atomic E-state index is -1.27. The zero-order valence-corrected chi connectivity index (χ0v) is 17.7. The molecule has 0 saturated carbocycles.